The highest BCUT2D eigenvalue weighted by Crippen LogP contribution is 2.38. The molecule has 1 aliphatic rings. The molecule has 4 heterocycles. The normalized spacial score (nSPS) is 12.7. The number of amides is 1. The Morgan fingerprint density at radius 2 is 1.90 bits per heavy atom. The SMILES string of the molecule is CCOC(=O)c1c(NC(=O)c2cc3c(=O)n4ccccc4nc3n(Cc3ccc(OC)cc3)c2=N)sc2c1CCCC2. The number of methoxy groups -OCH3 is 1. The Morgan fingerprint density at radius 1 is 1.12 bits per heavy atom. The summed E-state index contributed by atoms with van der Waals surface area (Å²) >= 11 is 1.37. The molecule has 0 unspecified atom stereocenters. The fourth-order valence-electron chi connectivity index (χ4n) is 5.37. The summed E-state index contributed by atoms with van der Waals surface area (Å²) in [6.07, 6.45) is 5.17. The van der Waals surface area contributed by atoms with Gasteiger partial charge in [-0.05, 0) is 74.1 Å². The van der Waals surface area contributed by atoms with E-state index in [1.807, 2.05) is 24.3 Å². The van der Waals surface area contributed by atoms with Gasteiger partial charge in [0, 0.05) is 11.1 Å². The second kappa shape index (κ2) is 11.2. The highest BCUT2D eigenvalue weighted by Gasteiger charge is 2.28. The maximum Gasteiger partial charge on any atom is 0.341 e. The zero-order chi connectivity index (χ0) is 29.4. The standard InChI is InChI=1S/C31H29N5O5S/c1-3-41-31(39)25-20-8-4-5-9-23(20)42-29(25)34-28(37)21-16-22-27(33-24-10-6-7-15-35(24)30(22)38)36(26(21)32)17-18-11-13-19(40-2)14-12-18/h6-7,10-16,32H,3-5,8-9,17H2,1-2H3,(H,34,37). The molecular formula is C31H29N5O5S. The van der Waals surface area contributed by atoms with Gasteiger partial charge in [0.25, 0.3) is 11.5 Å². The van der Waals surface area contributed by atoms with Crippen molar-refractivity contribution in [3.05, 3.63) is 97.7 Å². The van der Waals surface area contributed by atoms with Crippen LogP contribution in [0.5, 0.6) is 5.75 Å². The summed E-state index contributed by atoms with van der Waals surface area (Å²) in [5.41, 5.74) is 2.39. The lowest BCUT2D eigenvalue weighted by Gasteiger charge is -2.15. The molecule has 0 saturated heterocycles. The number of thiophene rings is 1. The number of fused-ring (bicyclic) bond motifs is 3. The molecule has 0 bridgehead atoms. The molecule has 0 fully saturated rings. The molecule has 11 heteroatoms. The lowest BCUT2D eigenvalue weighted by atomic mass is 9.95. The average Bonchev–Trinajstić information content (AvgIpc) is 3.37. The molecule has 5 aromatic rings. The number of aromatic nitrogens is 3. The quantitative estimate of drug-likeness (QED) is 0.214. The molecule has 6 rings (SSSR count). The zero-order valence-corrected chi connectivity index (χ0v) is 24.0. The van der Waals surface area contributed by atoms with E-state index >= 15 is 0 Å². The van der Waals surface area contributed by atoms with Crippen LogP contribution in [-0.4, -0.2) is 39.5 Å². The van der Waals surface area contributed by atoms with Gasteiger partial charge in [0.15, 0.2) is 0 Å². The number of carbonyl (C=O) groups excluding carboxylic acids is 2. The van der Waals surface area contributed by atoms with Crippen LogP contribution < -0.4 is 21.1 Å². The molecule has 0 spiro atoms. The highest BCUT2D eigenvalue weighted by molar-refractivity contribution is 7.17. The minimum atomic E-state index is -0.591. The van der Waals surface area contributed by atoms with Gasteiger partial charge in [-0.25, -0.2) is 9.78 Å². The van der Waals surface area contributed by atoms with Crippen LogP contribution in [0.3, 0.4) is 0 Å². The summed E-state index contributed by atoms with van der Waals surface area (Å²) < 4.78 is 13.6. The number of hydrogen-bond acceptors (Lipinski definition) is 8. The summed E-state index contributed by atoms with van der Waals surface area (Å²) in [5.74, 6) is -0.376. The van der Waals surface area contributed by atoms with E-state index in [9.17, 15) is 14.4 Å². The Hall–Kier alpha value is -4.77. The van der Waals surface area contributed by atoms with Gasteiger partial charge in [0.05, 0.1) is 36.8 Å². The van der Waals surface area contributed by atoms with Crippen molar-refractivity contribution >= 4 is 44.9 Å². The second-order valence-corrected chi connectivity index (χ2v) is 11.1. The monoisotopic (exact) mass is 583 g/mol. The number of carbonyl (C=O) groups is 2. The summed E-state index contributed by atoms with van der Waals surface area (Å²) in [4.78, 5) is 46.2. The average molecular weight is 584 g/mol. The van der Waals surface area contributed by atoms with Crippen LogP contribution >= 0.6 is 11.3 Å². The minimum Gasteiger partial charge on any atom is -0.497 e. The number of esters is 1. The van der Waals surface area contributed by atoms with Gasteiger partial charge in [-0.2, -0.15) is 0 Å². The van der Waals surface area contributed by atoms with Crippen molar-refractivity contribution < 1.29 is 19.1 Å². The lowest BCUT2D eigenvalue weighted by Crippen LogP contribution is -2.32. The number of rotatable bonds is 7. The van der Waals surface area contributed by atoms with Crippen molar-refractivity contribution in [2.75, 3.05) is 19.0 Å². The van der Waals surface area contributed by atoms with Gasteiger partial charge in [0.1, 0.15) is 27.5 Å². The molecule has 0 aliphatic heterocycles. The Labute approximate surface area is 244 Å². The molecule has 0 radical (unpaired) electrons. The summed E-state index contributed by atoms with van der Waals surface area (Å²) in [6.45, 7) is 2.15. The van der Waals surface area contributed by atoms with Crippen molar-refractivity contribution in [2.24, 2.45) is 0 Å². The number of aryl methyl sites for hydroxylation is 1. The van der Waals surface area contributed by atoms with E-state index < -0.39 is 11.9 Å². The summed E-state index contributed by atoms with van der Waals surface area (Å²) in [7, 11) is 1.58. The van der Waals surface area contributed by atoms with E-state index in [0.717, 1.165) is 41.7 Å². The maximum absolute atomic E-state index is 13.9. The van der Waals surface area contributed by atoms with E-state index in [2.05, 4.69) is 5.32 Å². The van der Waals surface area contributed by atoms with Gasteiger partial charge in [0.2, 0.25) is 0 Å². The van der Waals surface area contributed by atoms with Gasteiger partial charge >= 0.3 is 5.97 Å². The number of nitrogens with zero attached hydrogens (tertiary/aromatic N) is 3. The first-order valence-corrected chi connectivity index (χ1v) is 14.6. The summed E-state index contributed by atoms with van der Waals surface area (Å²) in [6, 6.07) is 14.0. The van der Waals surface area contributed by atoms with E-state index in [0.29, 0.717) is 27.6 Å². The first-order chi connectivity index (χ1) is 20.4. The molecular weight excluding hydrogens is 554 g/mol. The number of anilines is 1. The molecule has 1 aromatic carbocycles. The Balaban J connectivity index is 1.50. The van der Waals surface area contributed by atoms with Crippen LogP contribution in [0.15, 0.2) is 59.5 Å². The Morgan fingerprint density at radius 3 is 2.67 bits per heavy atom. The zero-order valence-electron chi connectivity index (χ0n) is 23.2. The first-order valence-electron chi connectivity index (χ1n) is 13.7. The van der Waals surface area contributed by atoms with Crippen molar-refractivity contribution in [2.45, 2.75) is 39.2 Å². The summed E-state index contributed by atoms with van der Waals surface area (Å²) in [5, 5.41) is 12.6. The van der Waals surface area contributed by atoms with Gasteiger partial charge in [-0.1, -0.05) is 18.2 Å². The van der Waals surface area contributed by atoms with E-state index in [1.165, 1.54) is 21.8 Å². The Kier molecular flexibility index (Phi) is 7.34. The van der Waals surface area contributed by atoms with Crippen LogP contribution in [0.25, 0.3) is 16.7 Å². The van der Waals surface area contributed by atoms with Crippen molar-refractivity contribution in [1.82, 2.24) is 14.0 Å². The molecule has 2 N–H and O–H groups in total. The third kappa shape index (κ3) is 4.85. The van der Waals surface area contributed by atoms with Crippen LogP contribution in [-0.2, 0) is 24.1 Å². The number of benzene rings is 1. The van der Waals surface area contributed by atoms with Crippen LogP contribution in [0, 0.1) is 5.41 Å². The molecule has 0 saturated carbocycles. The third-order valence-corrected chi connectivity index (χ3v) is 8.65. The number of pyridine rings is 2. The number of ether oxygens (including phenoxy) is 2. The van der Waals surface area contributed by atoms with E-state index in [1.54, 1.807) is 43.0 Å². The maximum atomic E-state index is 13.9. The van der Waals surface area contributed by atoms with Crippen molar-refractivity contribution in [1.29, 1.82) is 5.41 Å². The molecule has 42 heavy (non-hydrogen) atoms. The minimum absolute atomic E-state index is 0.00743. The lowest BCUT2D eigenvalue weighted by molar-refractivity contribution is 0.0526. The smallest absolute Gasteiger partial charge is 0.341 e. The molecule has 1 aliphatic carbocycles. The van der Waals surface area contributed by atoms with Crippen LogP contribution in [0.1, 0.15) is 56.5 Å². The van der Waals surface area contributed by atoms with Crippen LogP contribution in [0.4, 0.5) is 5.00 Å². The molecule has 0 atom stereocenters. The first kappa shape index (κ1) is 27.4. The predicted molar refractivity (Wildman–Crippen MR) is 160 cm³/mol. The molecule has 4 aromatic heterocycles. The molecule has 10 nitrogen and oxygen atoms in total. The molecule has 1 amide bonds. The van der Waals surface area contributed by atoms with Crippen molar-refractivity contribution in [3.8, 4) is 5.75 Å². The number of hydrogen-bond donors (Lipinski definition) is 2. The van der Waals surface area contributed by atoms with E-state index in [-0.39, 0.29) is 35.1 Å². The Bertz CT molecular complexity index is 1970. The predicted octanol–water partition coefficient (Wildman–Crippen LogP) is 4.55. The topological polar surface area (TPSA) is 128 Å². The fourth-order valence-corrected chi connectivity index (χ4v) is 6.64. The van der Waals surface area contributed by atoms with Crippen LogP contribution in [0.2, 0.25) is 0 Å². The second-order valence-electron chi connectivity index (χ2n) is 10.0. The van der Waals surface area contributed by atoms with Gasteiger partial charge in [-0.15, -0.1) is 11.3 Å². The third-order valence-electron chi connectivity index (χ3n) is 7.44. The van der Waals surface area contributed by atoms with Crippen molar-refractivity contribution in [3.63, 3.8) is 0 Å². The van der Waals surface area contributed by atoms with E-state index in [4.69, 9.17) is 19.9 Å². The van der Waals surface area contributed by atoms with Gasteiger partial charge in [-0.3, -0.25) is 19.4 Å². The highest BCUT2D eigenvalue weighted by atomic mass is 32.1. The van der Waals surface area contributed by atoms with Gasteiger partial charge < -0.3 is 19.4 Å². The number of nitrogens with one attached hydrogen (secondary N) is 2. The fraction of sp³-hybridized carbons (Fsp3) is 0.258. The molecule has 214 valence electrons. The largest absolute Gasteiger partial charge is 0.497 e.